The van der Waals surface area contributed by atoms with Gasteiger partial charge >= 0.3 is 0 Å². The average Bonchev–Trinajstić information content (AvgIpc) is 2.02. The highest BCUT2D eigenvalue weighted by atomic mass is 32.1. The van der Waals surface area contributed by atoms with Gasteiger partial charge in [0.25, 0.3) is 0 Å². The van der Waals surface area contributed by atoms with Gasteiger partial charge in [-0.25, -0.2) is 0 Å². The molecule has 0 unspecified atom stereocenters. The molecule has 3 nitrogen and oxygen atoms in total. The van der Waals surface area contributed by atoms with Crippen molar-refractivity contribution in [2.45, 2.75) is 0 Å². The van der Waals surface area contributed by atoms with Crippen LogP contribution in [0.15, 0.2) is 18.2 Å². The lowest BCUT2D eigenvalue weighted by atomic mass is 10.1. The van der Waals surface area contributed by atoms with Crippen LogP contribution in [0.3, 0.4) is 0 Å². The average molecular weight is 198 g/mol. The molecular formula is C9H10O3S. The Morgan fingerprint density at radius 1 is 1.15 bits per heavy atom. The van der Waals surface area contributed by atoms with Crippen LogP contribution in [0.4, 0.5) is 0 Å². The highest BCUT2D eigenvalue weighted by Gasteiger charge is 2.05. The molecular weight excluding hydrogens is 188 g/mol. The van der Waals surface area contributed by atoms with E-state index in [4.69, 9.17) is 5.11 Å². The molecule has 0 spiro atoms. The van der Waals surface area contributed by atoms with Crippen LogP contribution < -0.4 is 0 Å². The van der Waals surface area contributed by atoms with Crippen molar-refractivity contribution in [1.82, 2.24) is 0 Å². The molecule has 0 fully saturated rings. The summed E-state index contributed by atoms with van der Waals surface area (Å²) in [6.45, 7) is 0. The van der Waals surface area contributed by atoms with E-state index in [1.807, 2.05) is 0 Å². The Labute approximate surface area is 81.4 Å². The van der Waals surface area contributed by atoms with Crippen LogP contribution in [0.1, 0.15) is 5.56 Å². The lowest BCUT2D eigenvalue weighted by molar-refractivity contribution is 0.426. The molecule has 13 heavy (non-hydrogen) atoms. The molecule has 0 saturated carbocycles. The maximum atomic E-state index is 9.30. The first kappa shape index (κ1) is 9.80. The first-order valence-electron chi connectivity index (χ1n) is 3.67. The number of phenols is 3. The van der Waals surface area contributed by atoms with E-state index >= 15 is 0 Å². The van der Waals surface area contributed by atoms with Crippen molar-refractivity contribution in [1.29, 1.82) is 0 Å². The topological polar surface area (TPSA) is 60.7 Å². The maximum absolute atomic E-state index is 9.30. The number of aromatic hydroxyl groups is 3. The number of rotatable bonds is 2. The fraction of sp³-hybridized carbons (Fsp3) is 0.111. The minimum absolute atomic E-state index is 0.157. The Hall–Kier alpha value is -1.29. The van der Waals surface area contributed by atoms with Gasteiger partial charge in [0.15, 0.2) is 0 Å². The van der Waals surface area contributed by atoms with Gasteiger partial charge in [0.05, 0.1) is 5.56 Å². The first-order chi connectivity index (χ1) is 6.15. The zero-order chi connectivity index (χ0) is 9.84. The molecule has 0 bridgehead atoms. The van der Waals surface area contributed by atoms with Crippen molar-refractivity contribution in [2.24, 2.45) is 0 Å². The highest BCUT2D eigenvalue weighted by Crippen LogP contribution is 2.32. The van der Waals surface area contributed by atoms with Crippen LogP contribution in [0.2, 0.25) is 0 Å². The summed E-state index contributed by atoms with van der Waals surface area (Å²) in [5.41, 5.74) is 0.284. The van der Waals surface area contributed by atoms with Crippen LogP contribution >= 0.6 is 12.6 Å². The van der Waals surface area contributed by atoms with Gasteiger partial charge in [-0.3, -0.25) is 0 Å². The quantitative estimate of drug-likeness (QED) is 0.547. The standard InChI is InChI=1S/C9H10O3S/c10-6-4-8(11)7(2-1-3-13)9(12)5-6/h1-2,4-5,10-13H,3H2. The van der Waals surface area contributed by atoms with Gasteiger partial charge in [-0.2, -0.15) is 12.6 Å². The van der Waals surface area contributed by atoms with E-state index in [9.17, 15) is 10.2 Å². The van der Waals surface area contributed by atoms with E-state index in [2.05, 4.69) is 12.6 Å². The summed E-state index contributed by atoms with van der Waals surface area (Å²) in [6, 6.07) is 2.33. The molecule has 1 aromatic carbocycles. The van der Waals surface area contributed by atoms with Crippen LogP contribution in [-0.4, -0.2) is 21.1 Å². The minimum Gasteiger partial charge on any atom is -0.508 e. The normalized spacial score (nSPS) is 10.8. The van der Waals surface area contributed by atoms with Crippen molar-refractivity contribution in [3.63, 3.8) is 0 Å². The molecule has 0 amide bonds. The Bertz CT molecular complexity index is 311. The van der Waals surface area contributed by atoms with Gasteiger partial charge < -0.3 is 15.3 Å². The Balaban J connectivity index is 3.13. The molecule has 0 aromatic heterocycles. The minimum atomic E-state index is -0.168. The van der Waals surface area contributed by atoms with Crippen molar-refractivity contribution in [3.8, 4) is 17.2 Å². The van der Waals surface area contributed by atoms with Crippen molar-refractivity contribution in [2.75, 3.05) is 5.75 Å². The van der Waals surface area contributed by atoms with Crippen molar-refractivity contribution < 1.29 is 15.3 Å². The number of hydrogen-bond donors (Lipinski definition) is 4. The summed E-state index contributed by atoms with van der Waals surface area (Å²) < 4.78 is 0. The Morgan fingerprint density at radius 2 is 1.69 bits per heavy atom. The summed E-state index contributed by atoms with van der Waals surface area (Å²) in [5, 5.41) is 27.6. The largest absolute Gasteiger partial charge is 0.508 e. The second kappa shape index (κ2) is 4.09. The van der Waals surface area contributed by atoms with Gasteiger partial charge in [0.1, 0.15) is 17.2 Å². The first-order valence-corrected chi connectivity index (χ1v) is 4.30. The molecule has 0 aliphatic heterocycles. The van der Waals surface area contributed by atoms with Gasteiger partial charge in [-0.1, -0.05) is 12.2 Å². The van der Waals surface area contributed by atoms with E-state index in [1.54, 1.807) is 6.08 Å². The van der Waals surface area contributed by atoms with Crippen molar-refractivity contribution >= 4 is 18.7 Å². The zero-order valence-electron chi connectivity index (χ0n) is 6.81. The van der Waals surface area contributed by atoms with E-state index < -0.39 is 0 Å². The zero-order valence-corrected chi connectivity index (χ0v) is 7.70. The molecule has 0 aliphatic rings. The molecule has 0 atom stereocenters. The predicted octanol–water partition coefficient (Wildman–Crippen LogP) is 1.75. The third kappa shape index (κ3) is 2.32. The Kier molecular flexibility index (Phi) is 3.08. The van der Waals surface area contributed by atoms with E-state index in [1.165, 1.54) is 6.08 Å². The van der Waals surface area contributed by atoms with Crippen LogP contribution in [-0.2, 0) is 0 Å². The lowest BCUT2D eigenvalue weighted by Crippen LogP contribution is -1.77. The van der Waals surface area contributed by atoms with Gasteiger partial charge in [-0.15, -0.1) is 0 Å². The Morgan fingerprint density at radius 3 is 2.15 bits per heavy atom. The second-order valence-electron chi connectivity index (χ2n) is 2.48. The fourth-order valence-corrected chi connectivity index (χ4v) is 1.06. The van der Waals surface area contributed by atoms with Crippen LogP contribution in [0, 0.1) is 0 Å². The third-order valence-corrected chi connectivity index (χ3v) is 1.72. The molecule has 1 rings (SSSR count). The van der Waals surface area contributed by atoms with Crippen LogP contribution in [0.25, 0.3) is 6.08 Å². The lowest BCUT2D eigenvalue weighted by Gasteiger charge is -2.02. The molecule has 70 valence electrons. The summed E-state index contributed by atoms with van der Waals surface area (Å²) >= 11 is 3.94. The number of phenolic OH excluding ortho intramolecular Hbond substituents is 3. The van der Waals surface area contributed by atoms with E-state index in [-0.39, 0.29) is 22.8 Å². The van der Waals surface area contributed by atoms with E-state index in [0.29, 0.717) is 5.75 Å². The number of hydrogen-bond acceptors (Lipinski definition) is 4. The molecule has 1 aromatic rings. The van der Waals surface area contributed by atoms with Crippen LogP contribution in [0.5, 0.6) is 17.2 Å². The molecule has 4 heteroatoms. The van der Waals surface area contributed by atoms with Crippen molar-refractivity contribution in [3.05, 3.63) is 23.8 Å². The molecule has 0 radical (unpaired) electrons. The smallest absolute Gasteiger partial charge is 0.130 e. The molecule has 0 aliphatic carbocycles. The maximum Gasteiger partial charge on any atom is 0.130 e. The second-order valence-corrected chi connectivity index (χ2v) is 2.85. The molecule has 3 N–H and O–H groups in total. The summed E-state index contributed by atoms with van der Waals surface area (Å²) in [4.78, 5) is 0. The van der Waals surface area contributed by atoms with Gasteiger partial charge in [0.2, 0.25) is 0 Å². The summed E-state index contributed by atoms with van der Waals surface area (Å²) in [7, 11) is 0. The number of benzene rings is 1. The SMILES string of the molecule is Oc1cc(O)c(C=CCS)c(O)c1. The van der Waals surface area contributed by atoms with Gasteiger partial charge in [-0.05, 0) is 0 Å². The predicted molar refractivity (Wildman–Crippen MR) is 54.3 cm³/mol. The monoisotopic (exact) mass is 198 g/mol. The van der Waals surface area contributed by atoms with E-state index in [0.717, 1.165) is 12.1 Å². The summed E-state index contributed by atoms with van der Waals surface area (Å²) in [5.74, 6) is 0.0313. The van der Waals surface area contributed by atoms with Gasteiger partial charge in [0, 0.05) is 17.9 Å². The summed E-state index contributed by atoms with van der Waals surface area (Å²) in [6.07, 6.45) is 3.21. The fourth-order valence-electron chi connectivity index (χ4n) is 0.950. The number of thiol groups is 1. The molecule has 0 saturated heterocycles. The third-order valence-electron chi connectivity index (χ3n) is 1.51. The highest BCUT2D eigenvalue weighted by molar-refractivity contribution is 7.80. The molecule has 0 heterocycles.